The van der Waals surface area contributed by atoms with Gasteiger partial charge in [0.05, 0.1) is 13.1 Å². The Kier molecular flexibility index (Phi) is 7.52. The zero-order valence-electron chi connectivity index (χ0n) is 15.4. The van der Waals surface area contributed by atoms with Gasteiger partial charge in [0.15, 0.2) is 5.11 Å². The first-order chi connectivity index (χ1) is 13.7. The number of benzene rings is 1. The number of aromatic nitrogens is 1. The Hall–Kier alpha value is -2.77. The molecule has 0 fully saturated rings. The lowest BCUT2D eigenvalue weighted by Gasteiger charge is -2.25. The smallest absolute Gasteiger partial charge is 0.239 e. The zero-order chi connectivity index (χ0) is 19.6. The maximum atomic E-state index is 12.1. The van der Waals surface area contributed by atoms with Gasteiger partial charge in [-0.2, -0.15) is 0 Å². The number of rotatable bonds is 8. The van der Waals surface area contributed by atoms with Crippen LogP contribution in [-0.4, -0.2) is 27.4 Å². The van der Waals surface area contributed by atoms with Crippen LogP contribution in [0.1, 0.15) is 16.0 Å². The second-order valence-electron chi connectivity index (χ2n) is 6.22. The molecule has 5 nitrogen and oxygen atoms in total. The van der Waals surface area contributed by atoms with Gasteiger partial charge in [-0.05, 0) is 40.9 Å². The number of carbonyl (C=O) groups is 1. The van der Waals surface area contributed by atoms with Gasteiger partial charge in [-0.1, -0.05) is 42.5 Å². The van der Waals surface area contributed by atoms with Gasteiger partial charge < -0.3 is 15.5 Å². The van der Waals surface area contributed by atoms with Crippen molar-refractivity contribution in [3.8, 4) is 0 Å². The van der Waals surface area contributed by atoms with Crippen LogP contribution in [0, 0.1) is 0 Å². The van der Waals surface area contributed by atoms with Gasteiger partial charge >= 0.3 is 0 Å². The molecule has 0 aliphatic rings. The van der Waals surface area contributed by atoms with E-state index in [2.05, 4.69) is 44.1 Å². The van der Waals surface area contributed by atoms with Crippen molar-refractivity contribution in [1.82, 2.24) is 20.5 Å². The molecule has 2 N–H and O–H groups in total. The fourth-order valence-electron chi connectivity index (χ4n) is 2.63. The highest BCUT2D eigenvalue weighted by Gasteiger charge is 2.13. The fraction of sp³-hybridized carbons (Fsp3) is 0.190. The summed E-state index contributed by atoms with van der Waals surface area (Å²) in [6.07, 6.45) is 3.45. The summed E-state index contributed by atoms with van der Waals surface area (Å²) in [5.74, 6) is -0.109. The third kappa shape index (κ3) is 6.44. The Morgan fingerprint density at radius 1 is 1.00 bits per heavy atom. The number of thiophene rings is 1. The highest BCUT2D eigenvalue weighted by atomic mass is 32.1. The minimum Gasteiger partial charge on any atom is -0.353 e. The summed E-state index contributed by atoms with van der Waals surface area (Å²) in [6, 6.07) is 18.1. The molecule has 0 atom stereocenters. The summed E-state index contributed by atoms with van der Waals surface area (Å²) in [4.78, 5) is 19.5. The van der Waals surface area contributed by atoms with Gasteiger partial charge in [-0.15, -0.1) is 11.3 Å². The molecule has 0 unspecified atom stereocenters. The third-order valence-electron chi connectivity index (χ3n) is 4.04. The van der Waals surface area contributed by atoms with Crippen molar-refractivity contribution in [2.75, 3.05) is 6.54 Å². The average molecular weight is 411 g/mol. The van der Waals surface area contributed by atoms with E-state index in [9.17, 15) is 4.79 Å². The van der Waals surface area contributed by atoms with Crippen molar-refractivity contribution in [1.29, 1.82) is 0 Å². The monoisotopic (exact) mass is 410 g/mol. The minimum absolute atomic E-state index is 0.109. The van der Waals surface area contributed by atoms with Crippen molar-refractivity contribution < 1.29 is 4.79 Å². The van der Waals surface area contributed by atoms with Crippen molar-refractivity contribution >= 4 is 34.6 Å². The van der Waals surface area contributed by atoms with E-state index in [1.807, 2.05) is 36.4 Å². The molecule has 2 heterocycles. The van der Waals surface area contributed by atoms with E-state index in [1.54, 1.807) is 23.7 Å². The predicted molar refractivity (Wildman–Crippen MR) is 117 cm³/mol. The zero-order valence-corrected chi connectivity index (χ0v) is 17.0. The molecule has 0 aliphatic heterocycles. The van der Waals surface area contributed by atoms with E-state index in [0.29, 0.717) is 24.7 Å². The van der Waals surface area contributed by atoms with Crippen LogP contribution in [0.3, 0.4) is 0 Å². The van der Waals surface area contributed by atoms with Crippen molar-refractivity contribution in [3.05, 3.63) is 88.4 Å². The molecular formula is C21H22N4OS2. The largest absolute Gasteiger partial charge is 0.353 e. The summed E-state index contributed by atoms with van der Waals surface area (Å²) in [5, 5.41) is 8.57. The number of nitrogens with one attached hydrogen (secondary N) is 2. The molecule has 3 aromatic rings. The second kappa shape index (κ2) is 10.5. The molecular weight excluding hydrogens is 388 g/mol. The van der Waals surface area contributed by atoms with Crippen LogP contribution < -0.4 is 10.6 Å². The van der Waals surface area contributed by atoms with Crippen molar-refractivity contribution in [2.24, 2.45) is 0 Å². The highest BCUT2D eigenvalue weighted by molar-refractivity contribution is 7.80. The van der Waals surface area contributed by atoms with Crippen LogP contribution in [0.2, 0.25) is 0 Å². The number of hydrogen-bond acceptors (Lipinski definition) is 4. The summed E-state index contributed by atoms with van der Waals surface area (Å²) >= 11 is 7.27. The van der Waals surface area contributed by atoms with E-state index in [-0.39, 0.29) is 12.5 Å². The molecule has 0 aliphatic carbocycles. The van der Waals surface area contributed by atoms with Crippen molar-refractivity contribution in [3.63, 3.8) is 0 Å². The first kappa shape index (κ1) is 20.0. The Morgan fingerprint density at radius 3 is 2.54 bits per heavy atom. The molecule has 7 heteroatoms. The third-order valence-corrected chi connectivity index (χ3v) is 5.31. The summed E-state index contributed by atoms with van der Waals surface area (Å²) in [5.41, 5.74) is 2.13. The molecule has 2 aromatic heterocycles. The number of amides is 1. The first-order valence-corrected chi connectivity index (χ1v) is 10.2. The van der Waals surface area contributed by atoms with Crippen LogP contribution in [-0.2, 0) is 24.4 Å². The molecule has 0 radical (unpaired) electrons. The molecule has 3 rings (SSSR count). The van der Waals surface area contributed by atoms with E-state index in [1.165, 1.54) is 10.4 Å². The molecule has 1 aromatic carbocycles. The topological polar surface area (TPSA) is 57.3 Å². The molecule has 0 spiro atoms. The number of thiocarbonyl (C=S) groups is 1. The fourth-order valence-corrected chi connectivity index (χ4v) is 3.55. The van der Waals surface area contributed by atoms with Gasteiger partial charge in [0.1, 0.15) is 0 Å². The normalized spacial score (nSPS) is 10.3. The summed E-state index contributed by atoms with van der Waals surface area (Å²) < 4.78 is 0. The molecule has 0 saturated heterocycles. The number of pyridine rings is 1. The molecule has 1 amide bonds. The Morgan fingerprint density at radius 2 is 1.82 bits per heavy atom. The van der Waals surface area contributed by atoms with Crippen LogP contribution in [0.4, 0.5) is 0 Å². The Bertz CT molecular complexity index is 870. The minimum atomic E-state index is -0.109. The lowest BCUT2D eigenvalue weighted by molar-refractivity contribution is -0.120. The molecule has 144 valence electrons. The van der Waals surface area contributed by atoms with E-state index in [4.69, 9.17) is 12.2 Å². The van der Waals surface area contributed by atoms with Crippen LogP contribution in [0.15, 0.2) is 72.4 Å². The van der Waals surface area contributed by atoms with Gasteiger partial charge in [-0.25, -0.2) is 0 Å². The Balaban J connectivity index is 1.53. The first-order valence-electron chi connectivity index (χ1n) is 8.95. The number of nitrogens with zero attached hydrogens (tertiary/aromatic N) is 2. The van der Waals surface area contributed by atoms with E-state index >= 15 is 0 Å². The molecule has 0 saturated carbocycles. The number of hydrogen-bond donors (Lipinski definition) is 2. The van der Waals surface area contributed by atoms with Gasteiger partial charge in [-0.3, -0.25) is 9.78 Å². The van der Waals surface area contributed by atoms with Crippen LogP contribution in [0.5, 0.6) is 0 Å². The van der Waals surface area contributed by atoms with Gasteiger partial charge in [0.2, 0.25) is 5.91 Å². The highest BCUT2D eigenvalue weighted by Crippen LogP contribution is 2.14. The lowest BCUT2D eigenvalue weighted by Crippen LogP contribution is -2.43. The second-order valence-corrected chi connectivity index (χ2v) is 7.64. The van der Waals surface area contributed by atoms with Crippen LogP contribution >= 0.6 is 23.6 Å². The summed E-state index contributed by atoms with van der Waals surface area (Å²) in [7, 11) is 0. The van der Waals surface area contributed by atoms with Crippen LogP contribution in [0.25, 0.3) is 0 Å². The molecule has 0 bridgehead atoms. The standard InChI is InChI=1S/C21H22N4OS2/c26-20(23-13-18-8-4-10-22-12-18)14-24-21(27)25(16-19-9-5-11-28-19)15-17-6-2-1-3-7-17/h1-12H,13-16H2,(H,23,26)(H,24,27). The lowest BCUT2D eigenvalue weighted by atomic mass is 10.2. The summed E-state index contributed by atoms with van der Waals surface area (Å²) in [6.45, 7) is 1.97. The molecule has 28 heavy (non-hydrogen) atoms. The average Bonchev–Trinajstić information content (AvgIpc) is 3.25. The quantitative estimate of drug-likeness (QED) is 0.558. The predicted octanol–water partition coefficient (Wildman–Crippen LogP) is 3.34. The maximum absolute atomic E-state index is 12.1. The van der Waals surface area contributed by atoms with E-state index in [0.717, 1.165) is 5.56 Å². The number of carbonyl (C=O) groups excluding carboxylic acids is 1. The van der Waals surface area contributed by atoms with E-state index < -0.39 is 0 Å². The SMILES string of the molecule is O=C(CNC(=S)N(Cc1ccccc1)Cc1cccs1)NCc1cccnc1. The Labute approximate surface area is 174 Å². The van der Waals surface area contributed by atoms with Crippen molar-refractivity contribution in [2.45, 2.75) is 19.6 Å². The van der Waals surface area contributed by atoms with Gasteiger partial charge in [0.25, 0.3) is 0 Å². The maximum Gasteiger partial charge on any atom is 0.239 e. The van der Waals surface area contributed by atoms with Gasteiger partial charge in [0, 0.05) is 30.4 Å².